The normalized spacial score (nSPS) is 9.90. The van der Waals surface area contributed by atoms with E-state index in [1.165, 1.54) is 6.20 Å². The Balaban J connectivity index is 2.18. The Morgan fingerprint density at radius 2 is 1.90 bits per heavy atom. The molecule has 1 heterocycles. The van der Waals surface area contributed by atoms with Crippen LogP contribution < -0.4 is 21.7 Å². The van der Waals surface area contributed by atoms with Crippen molar-refractivity contribution in [2.24, 2.45) is 5.73 Å². The number of nitrogens with zero attached hydrogens (tertiary/aromatic N) is 1. The number of anilines is 1. The molecule has 0 bridgehead atoms. The Kier molecular flexibility index (Phi) is 6.89. The van der Waals surface area contributed by atoms with E-state index in [1.54, 1.807) is 6.07 Å². The molecule has 9 heteroatoms. The molecule has 0 spiro atoms. The molecule has 1 rings (SSSR count). The van der Waals surface area contributed by atoms with Gasteiger partial charge in [-0.25, -0.2) is 9.78 Å². The summed E-state index contributed by atoms with van der Waals surface area (Å²) in [7, 11) is 0. The third kappa shape index (κ3) is 6.44. The topological polar surface area (TPSA) is 109 Å². The minimum atomic E-state index is -0.463. The fourth-order valence-electron chi connectivity index (χ4n) is 1.26. The summed E-state index contributed by atoms with van der Waals surface area (Å²) < 4.78 is 0. The average molecular weight is 320 g/mol. The lowest BCUT2D eigenvalue weighted by Gasteiger charge is -2.09. The summed E-state index contributed by atoms with van der Waals surface area (Å²) in [6.07, 6.45) is 1.58. The third-order valence-electron chi connectivity index (χ3n) is 2.17. The van der Waals surface area contributed by atoms with E-state index in [0.717, 1.165) is 0 Å². The van der Waals surface area contributed by atoms with Crippen LogP contribution in [0, 0.1) is 0 Å². The first-order chi connectivity index (χ1) is 9.49. The van der Waals surface area contributed by atoms with E-state index in [9.17, 15) is 9.59 Å². The molecule has 0 aliphatic rings. The Morgan fingerprint density at radius 1 is 1.20 bits per heavy atom. The van der Waals surface area contributed by atoms with Gasteiger partial charge in [-0.05, 0) is 6.07 Å². The fraction of sp³-hybridized carbons (Fsp3) is 0.364. The predicted molar refractivity (Wildman–Crippen MR) is 78.0 cm³/mol. The summed E-state index contributed by atoms with van der Waals surface area (Å²) >= 11 is 11.6. The summed E-state index contributed by atoms with van der Waals surface area (Å²) in [6, 6.07) is 1.20. The van der Waals surface area contributed by atoms with Gasteiger partial charge in [-0.1, -0.05) is 23.2 Å². The molecule has 1 aromatic rings. The van der Waals surface area contributed by atoms with Crippen LogP contribution in [0.3, 0.4) is 0 Å². The van der Waals surface area contributed by atoms with Crippen LogP contribution in [0.1, 0.15) is 6.42 Å². The van der Waals surface area contributed by atoms with Gasteiger partial charge in [0.1, 0.15) is 5.82 Å². The first-order valence-corrected chi connectivity index (χ1v) is 6.59. The first kappa shape index (κ1) is 16.3. The Labute approximate surface area is 126 Å². The highest BCUT2D eigenvalue weighted by molar-refractivity contribution is 6.35. The van der Waals surface area contributed by atoms with E-state index in [2.05, 4.69) is 20.9 Å². The minimum absolute atomic E-state index is 0.107. The number of nitrogens with two attached hydrogens (primary N) is 1. The summed E-state index contributed by atoms with van der Waals surface area (Å²) in [5.74, 6) is 0.0300. The lowest BCUT2D eigenvalue weighted by Crippen LogP contribution is -2.39. The number of hydrogen-bond acceptors (Lipinski definition) is 4. The van der Waals surface area contributed by atoms with Crippen LogP contribution in [0.5, 0.6) is 0 Å². The van der Waals surface area contributed by atoms with Crippen molar-refractivity contribution >= 4 is 41.0 Å². The zero-order valence-electron chi connectivity index (χ0n) is 10.6. The molecule has 110 valence electrons. The van der Waals surface area contributed by atoms with Crippen molar-refractivity contribution in [3.63, 3.8) is 0 Å². The van der Waals surface area contributed by atoms with Gasteiger partial charge < -0.3 is 21.7 Å². The van der Waals surface area contributed by atoms with E-state index in [1.807, 2.05) is 0 Å². The molecule has 5 N–H and O–H groups in total. The maximum Gasteiger partial charge on any atom is 0.314 e. The van der Waals surface area contributed by atoms with Crippen molar-refractivity contribution in [3.8, 4) is 0 Å². The SMILES string of the molecule is NC(=O)CCNC(=O)NCCNc1ncc(Cl)cc1Cl. The van der Waals surface area contributed by atoms with Gasteiger partial charge in [-0.15, -0.1) is 0 Å². The maximum absolute atomic E-state index is 11.3. The first-order valence-electron chi connectivity index (χ1n) is 5.84. The van der Waals surface area contributed by atoms with Gasteiger partial charge in [0.25, 0.3) is 0 Å². The summed E-state index contributed by atoms with van der Waals surface area (Å²) in [4.78, 5) is 25.8. The van der Waals surface area contributed by atoms with Gasteiger partial charge in [0.15, 0.2) is 0 Å². The molecule has 0 unspecified atom stereocenters. The molecule has 0 aromatic carbocycles. The van der Waals surface area contributed by atoms with Crippen LogP contribution in [-0.4, -0.2) is 36.6 Å². The van der Waals surface area contributed by atoms with Crippen LogP contribution in [-0.2, 0) is 4.79 Å². The molecule has 1 aromatic heterocycles. The van der Waals surface area contributed by atoms with E-state index in [4.69, 9.17) is 28.9 Å². The second kappa shape index (κ2) is 8.44. The van der Waals surface area contributed by atoms with Crippen LogP contribution >= 0.6 is 23.2 Å². The monoisotopic (exact) mass is 319 g/mol. The van der Waals surface area contributed by atoms with E-state index >= 15 is 0 Å². The Morgan fingerprint density at radius 3 is 2.55 bits per heavy atom. The zero-order valence-corrected chi connectivity index (χ0v) is 12.1. The van der Waals surface area contributed by atoms with Gasteiger partial charge in [0.05, 0.1) is 10.0 Å². The van der Waals surface area contributed by atoms with Gasteiger partial charge in [0.2, 0.25) is 5.91 Å². The number of urea groups is 1. The molecule has 7 nitrogen and oxygen atoms in total. The highest BCUT2D eigenvalue weighted by Crippen LogP contribution is 2.21. The largest absolute Gasteiger partial charge is 0.370 e. The Hall–Kier alpha value is -1.73. The minimum Gasteiger partial charge on any atom is -0.370 e. The maximum atomic E-state index is 11.3. The van der Waals surface area contributed by atoms with Gasteiger partial charge in [0, 0.05) is 32.3 Å². The lowest BCUT2D eigenvalue weighted by atomic mass is 10.4. The lowest BCUT2D eigenvalue weighted by molar-refractivity contribution is -0.117. The second-order valence-corrected chi connectivity index (χ2v) is 4.65. The second-order valence-electron chi connectivity index (χ2n) is 3.81. The molecule has 0 saturated carbocycles. The van der Waals surface area contributed by atoms with Crippen molar-refractivity contribution in [3.05, 3.63) is 22.3 Å². The number of carbonyl (C=O) groups excluding carboxylic acids is 2. The van der Waals surface area contributed by atoms with E-state index in [0.29, 0.717) is 29.0 Å². The molecule has 0 atom stereocenters. The summed E-state index contributed by atoms with van der Waals surface area (Å²) in [5.41, 5.74) is 4.94. The number of halogens is 2. The predicted octanol–water partition coefficient (Wildman–Crippen LogP) is 0.975. The molecule has 0 aliphatic heterocycles. The highest BCUT2D eigenvalue weighted by Gasteiger charge is 2.03. The Bertz CT molecular complexity index is 484. The van der Waals surface area contributed by atoms with Gasteiger partial charge in [-0.3, -0.25) is 4.79 Å². The number of nitrogens with one attached hydrogen (secondary N) is 3. The fourth-order valence-corrected chi connectivity index (χ4v) is 1.71. The van der Waals surface area contributed by atoms with Gasteiger partial charge in [-0.2, -0.15) is 0 Å². The molecule has 0 saturated heterocycles. The molecular formula is C11H15Cl2N5O2. The number of carbonyl (C=O) groups is 2. The quantitative estimate of drug-likeness (QED) is 0.561. The zero-order chi connectivity index (χ0) is 15.0. The molecular weight excluding hydrogens is 305 g/mol. The molecule has 3 amide bonds. The average Bonchev–Trinajstić information content (AvgIpc) is 2.36. The number of primary amides is 1. The van der Waals surface area contributed by atoms with Crippen LogP contribution in [0.15, 0.2) is 12.3 Å². The highest BCUT2D eigenvalue weighted by atomic mass is 35.5. The van der Waals surface area contributed by atoms with Crippen molar-refractivity contribution in [2.75, 3.05) is 25.0 Å². The van der Waals surface area contributed by atoms with Crippen molar-refractivity contribution in [2.45, 2.75) is 6.42 Å². The number of pyridine rings is 1. The van der Waals surface area contributed by atoms with E-state index < -0.39 is 5.91 Å². The summed E-state index contributed by atoms with van der Waals surface area (Å²) in [5, 5.41) is 8.90. The van der Waals surface area contributed by atoms with Crippen molar-refractivity contribution in [1.82, 2.24) is 15.6 Å². The molecule has 0 fully saturated rings. The smallest absolute Gasteiger partial charge is 0.314 e. The molecule has 20 heavy (non-hydrogen) atoms. The van der Waals surface area contributed by atoms with Crippen molar-refractivity contribution in [1.29, 1.82) is 0 Å². The number of hydrogen-bond donors (Lipinski definition) is 4. The van der Waals surface area contributed by atoms with Crippen molar-refractivity contribution < 1.29 is 9.59 Å². The van der Waals surface area contributed by atoms with E-state index in [-0.39, 0.29) is 19.0 Å². The standard InChI is InChI=1S/C11H15Cl2N5O2/c12-7-5-8(13)10(18-6-7)15-3-4-17-11(20)16-2-1-9(14)19/h5-6H,1-4H2,(H2,14,19)(H,15,18)(H2,16,17,20). The van der Waals surface area contributed by atoms with Crippen LogP contribution in [0.4, 0.5) is 10.6 Å². The number of rotatable bonds is 7. The molecule has 0 aliphatic carbocycles. The number of amides is 3. The van der Waals surface area contributed by atoms with Crippen LogP contribution in [0.25, 0.3) is 0 Å². The number of aromatic nitrogens is 1. The molecule has 0 radical (unpaired) electrons. The summed E-state index contributed by atoms with van der Waals surface area (Å²) in [6.45, 7) is 1.01. The van der Waals surface area contributed by atoms with Crippen LogP contribution in [0.2, 0.25) is 10.0 Å². The van der Waals surface area contributed by atoms with Gasteiger partial charge >= 0.3 is 6.03 Å². The third-order valence-corrected chi connectivity index (χ3v) is 2.66.